The number of Topliss-reactive ketones (excluding diaryl/α,β-unsaturated/α-hetero) is 2. The molecule has 0 radical (unpaired) electrons. The summed E-state index contributed by atoms with van der Waals surface area (Å²) in [7, 11) is 0. The molecule has 0 aliphatic rings. The first-order valence-corrected chi connectivity index (χ1v) is 8.55. The molecule has 0 aliphatic carbocycles. The van der Waals surface area contributed by atoms with Crippen molar-refractivity contribution in [1.29, 1.82) is 0 Å². The van der Waals surface area contributed by atoms with Crippen LogP contribution in [-0.4, -0.2) is 21.5 Å². The molecule has 124 valence electrons. The number of rotatable bonds is 5. The topological polar surface area (TPSA) is 59.9 Å². The Morgan fingerprint density at radius 1 is 1.00 bits per heavy atom. The molecule has 2 heterocycles. The van der Waals surface area contributed by atoms with Crippen LogP contribution in [0.4, 0.5) is 0 Å². The number of nitrogens with zero attached hydrogens (tertiary/aromatic N) is 2. The van der Waals surface area contributed by atoms with E-state index in [2.05, 4.69) is 25.9 Å². The van der Waals surface area contributed by atoms with E-state index >= 15 is 0 Å². The molecule has 0 saturated carbocycles. The molecular formula is C20H15BrN2O2. The number of carbonyl (C=O) groups excluding carboxylic acids is 2. The maximum atomic E-state index is 12.6. The van der Waals surface area contributed by atoms with Gasteiger partial charge < -0.3 is 0 Å². The second-order valence-electron chi connectivity index (χ2n) is 5.58. The molecule has 0 fully saturated rings. The largest absolute Gasteiger partial charge is 0.294 e. The predicted molar refractivity (Wildman–Crippen MR) is 99.6 cm³/mol. The summed E-state index contributed by atoms with van der Waals surface area (Å²) in [5, 5.41) is 0. The van der Waals surface area contributed by atoms with Crippen molar-refractivity contribution in [3.05, 3.63) is 82.1 Å². The Labute approximate surface area is 154 Å². The van der Waals surface area contributed by atoms with Gasteiger partial charge in [0.15, 0.2) is 11.6 Å². The first kappa shape index (κ1) is 17.2. The third-order valence-corrected chi connectivity index (χ3v) is 4.29. The molecule has 0 N–H and O–H groups in total. The van der Waals surface area contributed by atoms with Crippen LogP contribution in [0.5, 0.6) is 0 Å². The zero-order valence-electron chi connectivity index (χ0n) is 13.6. The Morgan fingerprint density at radius 2 is 1.76 bits per heavy atom. The van der Waals surface area contributed by atoms with E-state index < -0.39 is 0 Å². The van der Waals surface area contributed by atoms with Crippen molar-refractivity contribution in [2.45, 2.75) is 13.3 Å². The SMILES string of the molecule is CC(=O)c1ccc(CC(=O)c2ccc(Br)cc2)c(-c2ccccn2)n1. The van der Waals surface area contributed by atoms with Crippen LogP contribution in [0.15, 0.2) is 65.3 Å². The summed E-state index contributed by atoms with van der Waals surface area (Å²) in [6, 6.07) is 16.2. The van der Waals surface area contributed by atoms with Gasteiger partial charge in [-0.25, -0.2) is 4.98 Å². The summed E-state index contributed by atoms with van der Waals surface area (Å²) < 4.78 is 0.922. The van der Waals surface area contributed by atoms with Gasteiger partial charge in [0.25, 0.3) is 0 Å². The molecule has 0 aliphatic heterocycles. The number of benzene rings is 1. The third-order valence-electron chi connectivity index (χ3n) is 3.76. The van der Waals surface area contributed by atoms with E-state index in [-0.39, 0.29) is 18.0 Å². The minimum absolute atomic E-state index is 0.0120. The van der Waals surface area contributed by atoms with Crippen molar-refractivity contribution < 1.29 is 9.59 Å². The van der Waals surface area contributed by atoms with Crippen LogP contribution in [0.25, 0.3) is 11.4 Å². The Kier molecular flexibility index (Phi) is 5.14. The first-order valence-electron chi connectivity index (χ1n) is 7.75. The molecule has 0 bridgehead atoms. The number of halogens is 1. The van der Waals surface area contributed by atoms with Gasteiger partial charge in [0.1, 0.15) is 5.69 Å². The number of hydrogen-bond acceptors (Lipinski definition) is 4. The number of hydrogen-bond donors (Lipinski definition) is 0. The van der Waals surface area contributed by atoms with Gasteiger partial charge in [0.2, 0.25) is 0 Å². The summed E-state index contributed by atoms with van der Waals surface area (Å²) in [6.45, 7) is 1.47. The van der Waals surface area contributed by atoms with E-state index in [0.717, 1.165) is 10.0 Å². The molecule has 25 heavy (non-hydrogen) atoms. The molecule has 4 nitrogen and oxygen atoms in total. The Morgan fingerprint density at radius 3 is 2.40 bits per heavy atom. The van der Waals surface area contributed by atoms with Gasteiger partial charge >= 0.3 is 0 Å². The van der Waals surface area contributed by atoms with E-state index in [1.54, 1.807) is 30.5 Å². The second kappa shape index (κ2) is 7.49. The minimum Gasteiger partial charge on any atom is -0.294 e. The van der Waals surface area contributed by atoms with Crippen molar-refractivity contribution in [2.75, 3.05) is 0 Å². The highest BCUT2D eigenvalue weighted by Gasteiger charge is 2.15. The van der Waals surface area contributed by atoms with Crippen LogP contribution in [0, 0.1) is 0 Å². The summed E-state index contributed by atoms with van der Waals surface area (Å²) >= 11 is 3.36. The van der Waals surface area contributed by atoms with Crippen molar-refractivity contribution >= 4 is 27.5 Å². The zero-order valence-corrected chi connectivity index (χ0v) is 15.2. The van der Waals surface area contributed by atoms with Crippen LogP contribution in [0.3, 0.4) is 0 Å². The molecule has 0 spiro atoms. The molecule has 0 amide bonds. The molecule has 1 aromatic carbocycles. The van der Waals surface area contributed by atoms with Crippen LogP contribution >= 0.6 is 15.9 Å². The second-order valence-corrected chi connectivity index (χ2v) is 6.50. The van der Waals surface area contributed by atoms with E-state index in [1.165, 1.54) is 6.92 Å². The standard InChI is InChI=1S/C20H15BrN2O2/c1-13(24)17-10-7-15(20(23-17)18-4-2-3-11-22-18)12-19(25)14-5-8-16(21)9-6-14/h2-11H,12H2,1H3. The summed E-state index contributed by atoms with van der Waals surface area (Å²) in [4.78, 5) is 33.0. The monoisotopic (exact) mass is 394 g/mol. The van der Waals surface area contributed by atoms with Gasteiger partial charge in [0, 0.05) is 29.6 Å². The van der Waals surface area contributed by atoms with Gasteiger partial charge in [-0.2, -0.15) is 0 Å². The van der Waals surface area contributed by atoms with E-state index in [4.69, 9.17) is 0 Å². The Hall–Kier alpha value is -2.66. The van der Waals surface area contributed by atoms with Crippen molar-refractivity contribution in [1.82, 2.24) is 9.97 Å². The maximum absolute atomic E-state index is 12.6. The Balaban J connectivity index is 1.99. The van der Waals surface area contributed by atoms with Crippen molar-refractivity contribution in [2.24, 2.45) is 0 Å². The maximum Gasteiger partial charge on any atom is 0.178 e. The number of pyridine rings is 2. The minimum atomic E-state index is -0.122. The number of carbonyl (C=O) groups is 2. The fraction of sp³-hybridized carbons (Fsp3) is 0.100. The number of aromatic nitrogens is 2. The van der Waals surface area contributed by atoms with Crippen molar-refractivity contribution in [3.8, 4) is 11.4 Å². The lowest BCUT2D eigenvalue weighted by Crippen LogP contribution is -2.08. The quantitative estimate of drug-likeness (QED) is 0.596. The van der Waals surface area contributed by atoms with E-state index in [1.807, 2.05) is 30.3 Å². The molecule has 0 atom stereocenters. The van der Waals surface area contributed by atoms with Gasteiger partial charge in [0.05, 0.1) is 11.4 Å². The smallest absolute Gasteiger partial charge is 0.178 e. The highest BCUT2D eigenvalue weighted by atomic mass is 79.9. The molecule has 5 heteroatoms. The predicted octanol–water partition coefficient (Wildman–Crippen LogP) is 4.53. The third kappa shape index (κ3) is 4.06. The molecule has 0 saturated heterocycles. The lowest BCUT2D eigenvalue weighted by atomic mass is 9.99. The highest BCUT2D eigenvalue weighted by Crippen LogP contribution is 2.22. The summed E-state index contributed by atoms with van der Waals surface area (Å²) in [5.74, 6) is -0.134. The van der Waals surface area contributed by atoms with Crippen LogP contribution in [0.2, 0.25) is 0 Å². The molecule has 0 unspecified atom stereocenters. The normalized spacial score (nSPS) is 10.5. The van der Waals surface area contributed by atoms with E-state index in [0.29, 0.717) is 22.6 Å². The fourth-order valence-corrected chi connectivity index (χ4v) is 2.73. The van der Waals surface area contributed by atoms with Crippen LogP contribution < -0.4 is 0 Å². The van der Waals surface area contributed by atoms with Gasteiger partial charge in [-0.3, -0.25) is 14.6 Å². The van der Waals surface area contributed by atoms with E-state index in [9.17, 15) is 9.59 Å². The zero-order chi connectivity index (χ0) is 17.8. The summed E-state index contributed by atoms with van der Waals surface area (Å²) in [6.07, 6.45) is 1.86. The Bertz CT molecular complexity index is 922. The van der Waals surface area contributed by atoms with Gasteiger partial charge in [-0.1, -0.05) is 40.2 Å². The van der Waals surface area contributed by atoms with Crippen LogP contribution in [-0.2, 0) is 6.42 Å². The molecule has 3 aromatic rings. The van der Waals surface area contributed by atoms with Crippen molar-refractivity contribution in [3.63, 3.8) is 0 Å². The van der Waals surface area contributed by atoms with Gasteiger partial charge in [-0.15, -0.1) is 0 Å². The lowest BCUT2D eigenvalue weighted by molar-refractivity contribution is 0.0991. The lowest BCUT2D eigenvalue weighted by Gasteiger charge is -2.09. The molecule has 2 aromatic heterocycles. The molecular weight excluding hydrogens is 380 g/mol. The average molecular weight is 395 g/mol. The number of ketones is 2. The summed E-state index contributed by atoms with van der Waals surface area (Å²) in [5.41, 5.74) is 2.95. The fourth-order valence-electron chi connectivity index (χ4n) is 2.46. The molecule has 3 rings (SSSR count). The highest BCUT2D eigenvalue weighted by molar-refractivity contribution is 9.10. The van der Waals surface area contributed by atoms with Gasteiger partial charge in [-0.05, 0) is 35.9 Å². The first-order chi connectivity index (χ1) is 12.0. The van der Waals surface area contributed by atoms with Crippen LogP contribution in [0.1, 0.15) is 33.3 Å². The average Bonchev–Trinajstić information content (AvgIpc) is 2.63.